The van der Waals surface area contributed by atoms with E-state index in [1.807, 2.05) is 17.9 Å². The number of ether oxygens (including phenoxy) is 1. The Morgan fingerprint density at radius 1 is 1.29 bits per heavy atom. The van der Waals surface area contributed by atoms with Gasteiger partial charge in [0.25, 0.3) is 17.4 Å². The van der Waals surface area contributed by atoms with Crippen molar-refractivity contribution in [3.63, 3.8) is 0 Å². The maximum absolute atomic E-state index is 13.4. The number of carbonyl (C=O) groups is 1. The van der Waals surface area contributed by atoms with Crippen LogP contribution in [0.5, 0.6) is 0 Å². The summed E-state index contributed by atoms with van der Waals surface area (Å²) in [5.41, 5.74) is 1.70. The number of morpholine rings is 1. The predicted octanol–water partition coefficient (Wildman–Crippen LogP) is 3.68. The van der Waals surface area contributed by atoms with Crippen LogP contribution in [0.1, 0.15) is 35.5 Å². The van der Waals surface area contributed by atoms with Gasteiger partial charge in [-0.3, -0.25) is 14.6 Å². The Hall–Kier alpha value is -3.04. The fourth-order valence-electron chi connectivity index (χ4n) is 3.42. The molecule has 3 heterocycles. The molecule has 0 bridgehead atoms. The number of halogens is 3. The summed E-state index contributed by atoms with van der Waals surface area (Å²) in [5.74, 6) is -3.63. The van der Waals surface area contributed by atoms with Gasteiger partial charge >= 0.3 is 0 Å². The van der Waals surface area contributed by atoms with E-state index in [9.17, 15) is 18.4 Å². The van der Waals surface area contributed by atoms with Crippen LogP contribution in [0.25, 0.3) is 5.57 Å². The first-order valence-electron chi connectivity index (χ1n) is 10.8. The molecule has 0 unspecified atom stereocenters. The van der Waals surface area contributed by atoms with Crippen molar-refractivity contribution in [2.75, 3.05) is 37.7 Å². The lowest BCUT2D eigenvalue weighted by Gasteiger charge is -2.28. The summed E-state index contributed by atoms with van der Waals surface area (Å²) in [7, 11) is 1.70. The number of nitrogens with one attached hydrogen (secondary N) is 1. The number of aromatic nitrogens is 2. The number of alkyl halides is 2. The Balaban J connectivity index is 1.69. The van der Waals surface area contributed by atoms with Gasteiger partial charge in [0.15, 0.2) is 0 Å². The third-order valence-corrected chi connectivity index (χ3v) is 5.83. The molecule has 1 aliphatic heterocycles. The number of nitrogens with zero attached hydrogens (tertiary/aromatic N) is 3. The molecule has 0 aliphatic carbocycles. The van der Waals surface area contributed by atoms with Crippen LogP contribution in [-0.4, -0.2) is 48.3 Å². The molecule has 0 radical (unpaired) electrons. The van der Waals surface area contributed by atoms with Crippen LogP contribution in [0.3, 0.4) is 0 Å². The van der Waals surface area contributed by atoms with Gasteiger partial charge in [0.05, 0.1) is 13.2 Å². The first kappa shape index (κ1) is 25.6. The number of rotatable bonds is 7. The Morgan fingerprint density at radius 2 is 2.00 bits per heavy atom. The van der Waals surface area contributed by atoms with E-state index in [0.717, 1.165) is 24.1 Å². The van der Waals surface area contributed by atoms with Gasteiger partial charge in [0, 0.05) is 56.6 Å². The molecule has 3 rings (SSSR count). The SMILES string of the molecule is C/C(=C(Cl)\C=C/CNC(=O)c1ccnc(C(C)(F)F)c1)c1cc(N2CCOCC2)c(=O)n(C)c1. The van der Waals surface area contributed by atoms with Gasteiger partial charge in [-0.15, -0.1) is 0 Å². The van der Waals surface area contributed by atoms with E-state index >= 15 is 0 Å². The highest BCUT2D eigenvalue weighted by Crippen LogP contribution is 2.26. The highest BCUT2D eigenvalue weighted by atomic mass is 35.5. The van der Waals surface area contributed by atoms with Gasteiger partial charge in [-0.05, 0) is 42.3 Å². The lowest BCUT2D eigenvalue weighted by molar-refractivity contribution is 0.0127. The summed E-state index contributed by atoms with van der Waals surface area (Å²) in [6.45, 7) is 5.14. The van der Waals surface area contributed by atoms with Crippen LogP contribution in [-0.2, 0) is 17.7 Å². The lowest BCUT2D eigenvalue weighted by atomic mass is 10.1. The van der Waals surface area contributed by atoms with Crippen LogP contribution in [0.15, 0.2) is 52.6 Å². The topological polar surface area (TPSA) is 76.5 Å². The molecule has 182 valence electrons. The number of hydrogen-bond donors (Lipinski definition) is 1. The molecule has 0 atom stereocenters. The van der Waals surface area contributed by atoms with Gasteiger partial charge in [0.2, 0.25) is 0 Å². The molecule has 0 spiro atoms. The molecule has 7 nitrogen and oxygen atoms in total. The number of amides is 1. The van der Waals surface area contributed by atoms with Crippen molar-refractivity contribution in [3.8, 4) is 0 Å². The number of anilines is 1. The average Bonchev–Trinajstić information content (AvgIpc) is 2.82. The van der Waals surface area contributed by atoms with Crippen molar-refractivity contribution in [1.29, 1.82) is 0 Å². The molecule has 1 fully saturated rings. The zero-order chi connectivity index (χ0) is 24.9. The molecule has 1 aliphatic rings. The van der Waals surface area contributed by atoms with Crippen LogP contribution >= 0.6 is 11.6 Å². The zero-order valence-corrected chi connectivity index (χ0v) is 20.0. The van der Waals surface area contributed by atoms with E-state index in [1.54, 1.807) is 25.4 Å². The average molecular weight is 493 g/mol. The molecule has 10 heteroatoms. The highest BCUT2D eigenvalue weighted by molar-refractivity contribution is 6.34. The summed E-state index contributed by atoms with van der Waals surface area (Å²) in [6, 6.07) is 4.27. The first-order valence-corrected chi connectivity index (χ1v) is 11.1. The Labute approximate surface area is 201 Å². The maximum Gasteiger partial charge on any atom is 0.286 e. The molecule has 1 amide bonds. The number of carbonyl (C=O) groups excluding carboxylic acids is 1. The minimum Gasteiger partial charge on any atom is -0.378 e. The van der Waals surface area contributed by atoms with Crippen LogP contribution < -0.4 is 15.8 Å². The van der Waals surface area contributed by atoms with Crippen LogP contribution in [0.2, 0.25) is 0 Å². The van der Waals surface area contributed by atoms with E-state index < -0.39 is 17.5 Å². The molecule has 2 aromatic heterocycles. The van der Waals surface area contributed by atoms with E-state index in [2.05, 4.69) is 10.3 Å². The molecule has 0 aromatic carbocycles. The van der Waals surface area contributed by atoms with E-state index in [1.165, 1.54) is 16.8 Å². The third kappa shape index (κ3) is 6.30. The molecular weight excluding hydrogens is 466 g/mol. The predicted molar refractivity (Wildman–Crippen MR) is 128 cm³/mol. The van der Waals surface area contributed by atoms with Crippen molar-refractivity contribution in [3.05, 3.63) is 75.0 Å². The van der Waals surface area contributed by atoms with Crippen molar-refractivity contribution >= 4 is 28.8 Å². The second kappa shape index (κ2) is 10.9. The monoisotopic (exact) mass is 492 g/mol. The van der Waals surface area contributed by atoms with E-state index in [-0.39, 0.29) is 17.7 Å². The maximum atomic E-state index is 13.4. The highest BCUT2D eigenvalue weighted by Gasteiger charge is 2.26. The summed E-state index contributed by atoms with van der Waals surface area (Å²) in [4.78, 5) is 30.5. The van der Waals surface area contributed by atoms with Gasteiger partial charge in [-0.2, -0.15) is 8.78 Å². The quantitative estimate of drug-likeness (QED) is 0.597. The Morgan fingerprint density at radius 3 is 2.68 bits per heavy atom. The zero-order valence-electron chi connectivity index (χ0n) is 19.3. The number of aryl methyl sites for hydroxylation is 1. The van der Waals surface area contributed by atoms with Crippen molar-refractivity contribution < 1.29 is 18.3 Å². The first-order chi connectivity index (χ1) is 16.1. The summed E-state index contributed by atoms with van der Waals surface area (Å²) in [6.07, 6.45) is 6.21. The third-order valence-electron chi connectivity index (χ3n) is 5.42. The second-order valence-corrected chi connectivity index (χ2v) is 8.44. The van der Waals surface area contributed by atoms with Gasteiger partial charge < -0.3 is 19.5 Å². The standard InChI is InChI=1S/C24H27ClF2N4O3/c1-16(18-13-20(23(33)30(3)15-18)31-9-11-34-12-10-31)19(25)5-4-7-29-22(32)17-6-8-28-21(14-17)24(2,26)27/h4-6,8,13-15H,7,9-12H2,1-3H3,(H,29,32)/b5-4-,19-16-. The van der Waals surface area contributed by atoms with Gasteiger partial charge in [-0.25, -0.2) is 0 Å². The number of allylic oxidation sites excluding steroid dienone is 3. The molecular formula is C24H27ClF2N4O3. The summed E-state index contributed by atoms with van der Waals surface area (Å²) < 4.78 is 33.8. The minimum absolute atomic E-state index is 0.0899. The second-order valence-electron chi connectivity index (χ2n) is 8.03. The Kier molecular flexibility index (Phi) is 8.22. The van der Waals surface area contributed by atoms with E-state index in [0.29, 0.717) is 37.0 Å². The van der Waals surface area contributed by atoms with Crippen LogP contribution in [0.4, 0.5) is 14.5 Å². The van der Waals surface area contributed by atoms with Gasteiger partial charge in [-0.1, -0.05) is 17.7 Å². The molecule has 1 N–H and O–H groups in total. The van der Waals surface area contributed by atoms with Crippen molar-refractivity contribution in [2.45, 2.75) is 19.8 Å². The van der Waals surface area contributed by atoms with Crippen molar-refractivity contribution in [2.24, 2.45) is 7.05 Å². The van der Waals surface area contributed by atoms with Crippen LogP contribution in [0, 0.1) is 0 Å². The normalized spacial score (nSPS) is 15.4. The molecule has 2 aromatic rings. The minimum atomic E-state index is -3.13. The summed E-state index contributed by atoms with van der Waals surface area (Å²) in [5, 5.41) is 3.08. The molecule has 1 saturated heterocycles. The van der Waals surface area contributed by atoms with E-state index in [4.69, 9.17) is 16.3 Å². The molecule has 34 heavy (non-hydrogen) atoms. The smallest absolute Gasteiger partial charge is 0.286 e. The van der Waals surface area contributed by atoms with Gasteiger partial charge in [0.1, 0.15) is 11.4 Å². The van der Waals surface area contributed by atoms with Crippen molar-refractivity contribution in [1.82, 2.24) is 14.9 Å². The Bertz CT molecular complexity index is 1170. The number of pyridine rings is 2. The molecule has 0 saturated carbocycles. The lowest BCUT2D eigenvalue weighted by Crippen LogP contribution is -2.40. The fourth-order valence-corrected chi connectivity index (χ4v) is 3.62. The fraction of sp³-hybridized carbons (Fsp3) is 0.375. The number of hydrogen-bond acceptors (Lipinski definition) is 5. The summed E-state index contributed by atoms with van der Waals surface area (Å²) >= 11 is 6.47. The largest absolute Gasteiger partial charge is 0.378 e.